The van der Waals surface area contributed by atoms with Crippen molar-refractivity contribution in [3.8, 4) is 5.75 Å². The lowest BCUT2D eigenvalue weighted by Crippen LogP contribution is -2.63. The van der Waals surface area contributed by atoms with Gasteiger partial charge < -0.3 is 37.9 Å². The van der Waals surface area contributed by atoms with Crippen LogP contribution in [-0.2, 0) is 60.8 Å². The number of carbonyl (C=O) groups excluding carboxylic acids is 3. The summed E-state index contributed by atoms with van der Waals surface area (Å²) in [6, 6.07) is 17.3. The molecule has 2 aromatic carbocycles. The summed E-state index contributed by atoms with van der Waals surface area (Å²) in [4.78, 5) is 36.3. The molecule has 0 bridgehead atoms. The monoisotopic (exact) mass is 668 g/mol. The Hall–Kier alpha value is -3.87. The Balaban J connectivity index is 1.94. The lowest BCUT2D eigenvalue weighted by molar-refractivity contribution is -0.339. The third-order valence-corrected chi connectivity index (χ3v) is 8.24. The van der Waals surface area contributed by atoms with Gasteiger partial charge in [-0.15, -0.1) is 0 Å². The second-order valence-corrected chi connectivity index (χ2v) is 12.0. The Morgan fingerprint density at radius 2 is 1.69 bits per heavy atom. The van der Waals surface area contributed by atoms with Crippen LogP contribution < -0.4 is 4.74 Å². The maximum atomic E-state index is 12.6. The van der Waals surface area contributed by atoms with E-state index in [1.807, 2.05) is 61.5 Å². The van der Waals surface area contributed by atoms with E-state index < -0.39 is 47.6 Å². The normalized spacial score (nSPS) is 21.9. The van der Waals surface area contributed by atoms with Gasteiger partial charge in [0.05, 0.1) is 45.7 Å². The van der Waals surface area contributed by atoms with E-state index in [-0.39, 0.29) is 19.8 Å². The second kappa shape index (κ2) is 18.6. The molecule has 11 nitrogen and oxygen atoms in total. The predicted molar refractivity (Wildman–Crippen MR) is 177 cm³/mol. The van der Waals surface area contributed by atoms with Gasteiger partial charge in [0.15, 0.2) is 6.10 Å². The quantitative estimate of drug-likeness (QED) is 0.0658. The Labute approximate surface area is 283 Å². The average molecular weight is 669 g/mol. The van der Waals surface area contributed by atoms with E-state index in [0.717, 1.165) is 16.9 Å². The van der Waals surface area contributed by atoms with Gasteiger partial charge in [-0.3, -0.25) is 9.59 Å². The van der Waals surface area contributed by atoms with Gasteiger partial charge in [-0.2, -0.15) is 0 Å². The highest BCUT2D eigenvalue weighted by Crippen LogP contribution is 2.48. The van der Waals surface area contributed by atoms with Crippen molar-refractivity contribution in [2.24, 2.45) is 5.41 Å². The first-order valence-corrected chi connectivity index (χ1v) is 15.8. The molecule has 2 aromatic rings. The molecule has 0 aliphatic carbocycles. The summed E-state index contributed by atoms with van der Waals surface area (Å²) in [6.07, 6.45) is 2.62. The lowest BCUT2D eigenvalue weighted by Gasteiger charge is -2.53. The van der Waals surface area contributed by atoms with Crippen LogP contribution in [-0.4, -0.2) is 76.6 Å². The Morgan fingerprint density at radius 1 is 1.00 bits per heavy atom. The van der Waals surface area contributed by atoms with Crippen LogP contribution in [0.15, 0.2) is 78.4 Å². The van der Waals surface area contributed by atoms with Crippen LogP contribution in [0.3, 0.4) is 0 Å². The van der Waals surface area contributed by atoms with E-state index in [0.29, 0.717) is 24.9 Å². The standard InChI is InChI=1S/C37H48O11/c1-26(46-25-44-23-28-12-9-8-10-13-28)33(45-24-29-14-16-31(41-5)17-15-29)22-32-20-30(21-34(40)42-6)35(47-27(2)39)37(43-7,48-32)36(3,4)18-11-19-38/h8-19,21,26,32-33,35H,20,22-25H2,1-7H3/b18-11+,30-21+/t26-,32+,33-,35+,37-/m1/s1. The average Bonchev–Trinajstić information content (AvgIpc) is 3.08. The number of ether oxygens (including phenoxy) is 8. The molecule has 1 saturated heterocycles. The smallest absolute Gasteiger partial charge is 0.330 e. The van der Waals surface area contributed by atoms with E-state index in [1.54, 1.807) is 27.0 Å². The van der Waals surface area contributed by atoms with Crippen molar-refractivity contribution in [1.29, 1.82) is 0 Å². The Bertz CT molecular complexity index is 1370. The molecule has 1 aliphatic heterocycles. The van der Waals surface area contributed by atoms with Gasteiger partial charge in [-0.1, -0.05) is 62.4 Å². The van der Waals surface area contributed by atoms with Crippen molar-refractivity contribution >= 4 is 18.2 Å². The fraction of sp³-hybridized carbons (Fsp3) is 0.486. The van der Waals surface area contributed by atoms with Crippen molar-refractivity contribution in [3.63, 3.8) is 0 Å². The topological polar surface area (TPSA) is 125 Å². The summed E-state index contributed by atoms with van der Waals surface area (Å²) < 4.78 is 47.2. The van der Waals surface area contributed by atoms with Gasteiger partial charge in [0, 0.05) is 31.9 Å². The SMILES string of the molecule is COC(=O)/C=C1\C[C@@H](C[C@@H](OCc2ccc(OC)cc2)[C@@H](C)OCOCc2ccccc2)O[C@@](OC)(C(C)(C)/C=C/C=O)[C@H]1OC(C)=O. The number of hydrogen-bond acceptors (Lipinski definition) is 11. The first-order valence-electron chi connectivity index (χ1n) is 15.8. The minimum atomic E-state index is -1.65. The van der Waals surface area contributed by atoms with Crippen LogP contribution >= 0.6 is 0 Å². The molecular weight excluding hydrogens is 620 g/mol. The van der Waals surface area contributed by atoms with Crippen LogP contribution in [0.25, 0.3) is 0 Å². The van der Waals surface area contributed by atoms with Gasteiger partial charge in [0.2, 0.25) is 5.79 Å². The highest BCUT2D eigenvalue weighted by molar-refractivity contribution is 5.83. The van der Waals surface area contributed by atoms with Gasteiger partial charge >= 0.3 is 11.9 Å². The molecule has 0 radical (unpaired) electrons. The molecule has 0 aromatic heterocycles. The molecule has 3 rings (SSSR count). The molecule has 0 amide bonds. The van der Waals surface area contributed by atoms with Crippen molar-refractivity contribution in [2.45, 2.75) is 84.0 Å². The molecule has 1 aliphatic rings. The number of methoxy groups -OCH3 is 3. The molecule has 48 heavy (non-hydrogen) atoms. The number of benzene rings is 2. The summed E-state index contributed by atoms with van der Waals surface area (Å²) >= 11 is 0. The number of aldehydes is 1. The first-order chi connectivity index (χ1) is 23.0. The molecule has 11 heteroatoms. The number of carbonyl (C=O) groups is 3. The zero-order valence-corrected chi connectivity index (χ0v) is 28.8. The van der Waals surface area contributed by atoms with Crippen LogP contribution in [0.4, 0.5) is 0 Å². The number of rotatable bonds is 18. The van der Waals surface area contributed by atoms with Crippen LogP contribution in [0, 0.1) is 5.41 Å². The van der Waals surface area contributed by atoms with Crippen molar-refractivity contribution in [3.05, 3.63) is 89.5 Å². The molecule has 5 atom stereocenters. The number of hydrogen-bond donors (Lipinski definition) is 0. The maximum Gasteiger partial charge on any atom is 0.330 e. The molecule has 1 heterocycles. The van der Waals surface area contributed by atoms with Crippen molar-refractivity contribution in [1.82, 2.24) is 0 Å². The van der Waals surface area contributed by atoms with E-state index in [9.17, 15) is 14.4 Å². The maximum absolute atomic E-state index is 12.6. The molecule has 262 valence electrons. The second-order valence-electron chi connectivity index (χ2n) is 12.0. The summed E-state index contributed by atoms with van der Waals surface area (Å²) in [5.74, 6) is -2.15. The first kappa shape index (κ1) is 38.6. The molecular formula is C37H48O11. The molecule has 0 saturated carbocycles. The van der Waals surface area contributed by atoms with E-state index in [4.69, 9.17) is 37.9 Å². The lowest BCUT2D eigenvalue weighted by atomic mass is 9.74. The van der Waals surface area contributed by atoms with Gasteiger partial charge in [-0.25, -0.2) is 4.79 Å². The van der Waals surface area contributed by atoms with Crippen molar-refractivity contribution in [2.75, 3.05) is 28.1 Å². The van der Waals surface area contributed by atoms with E-state index in [2.05, 4.69) is 0 Å². The molecule has 0 spiro atoms. The van der Waals surface area contributed by atoms with Gasteiger partial charge in [0.1, 0.15) is 18.8 Å². The fourth-order valence-corrected chi connectivity index (χ4v) is 5.64. The van der Waals surface area contributed by atoms with E-state index >= 15 is 0 Å². The van der Waals surface area contributed by atoms with Gasteiger partial charge in [-0.05, 0) is 48.3 Å². The largest absolute Gasteiger partial charge is 0.497 e. The fourth-order valence-electron chi connectivity index (χ4n) is 5.64. The van der Waals surface area contributed by atoms with Crippen LogP contribution in [0.2, 0.25) is 0 Å². The van der Waals surface area contributed by atoms with Crippen LogP contribution in [0.1, 0.15) is 51.7 Å². The minimum Gasteiger partial charge on any atom is -0.497 e. The highest BCUT2D eigenvalue weighted by atomic mass is 16.7. The molecule has 0 unspecified atom stereocenters. The Kier molecular flexibility index (Phi) is 15.0. The van der Waals surface area contributed by atoms with Crippen LogP contribution in [0.5, 0.6) is 5.75 Å². The number of allylic oxidation sites excluding steroid dienone is 1. The predicted octanol–water partition coefficient (Wildman–Crippen LogP) is 5.49. The highest BCUT2D eigenvalue weighted by Gasteiger charge is 2.59. The van der Waals surface area contributed by atoms with E-state index in [1.165, 1.54) is 33.3 Å². The summed E-state index contributed by atoms with van der Waals surface area (Å²) in [7, 11) is 4.30. The number of esters is 2. The third kappa shape index (κ3) is 10.6. The minimum absolute atomic E-state index is 0.0253. The zero-order valence-electron chi connectivity index (χ0n) is 28.8. The summed E-state index contributed by atoms with van der Waals surface area (Å²) in [6.45, 7) is 7.41. The Morgan fingerprint density at radius 3 is 2.29 bits per heavy atom. The zero-order chi connectivity index (χ0) is 35.2. The third-order valence-electron chi connectivity index (χ3n) is 8.24. The summed E-state index contributed by atoms with van der Waals surface area (Å²) in [5.41, 5.74) is 1.33. The van der Waals surface area contributed by atoms with Gasteiger partial charge in [0.25, 0.3) is 0 Å². The molecule has 1 fully saturated rings. The molecule has 0 N–H and O–H groups in total. The van der Waals surface area contributed by atoms with Crippen molar-refractivity contribution < 1.29 is 52.3 Å². The summed E-state index contributed by atoms with van der Waals surface area (Å²) in [5, 5.41) is 0.